The van der Waals surface area contributed by atoms with E-state index in [1.165, 1.54) is 0 Å². The fourth-order valence-electron chi connectivity index (χ4n) is 2.79. The van der Waals surface area contributed by atoms with Crippen molar-refractivity contribution < 1.29 is 13.2 Å². The van der Waals surface area contributed by atoms with Crippen LogP contribution in [0.2, 0.25) is 5.02 Å². The molecule has 3 nitrogen and oxygen atoms in total. The molecule has 0 radical (unpaired) electrons. The fraction of sp³-hybridized carbons (Fsp3) is 0.571. The lowest BCUT2D eigenvalue weighted by molar-refractivity contribution is 0.119. The molecule has 20 heavy (non-hydrogen) atoms. The average Bonchev–Trinajstić information content (AvgIpc) is 2.37. The van der Waals surface area contributed by atoms with Crippen LogP contribution in [-0.4, -0.2) is 20.8 Å². The maximum Gasteiger partial charge on any atom is 0.233 e. The monoisotopic (exact) mass is 336 g/mol. The lowest BCUT2D eigenvalue weighted by atomic mass is 9.76. The van der Waals surface area contributed by atoms with Crippen molar-refractivity contribution in [2.24, 2.45) is 5.41 Å². The molecule has 0 aliphatic heterocycles. The molecule has 1 aliphatic rings. The maximum absolute atomic E-state index is 11.5. The van der Waals surface area contributed by atoms with E-state index >= 15 is 0 Å². The van der Waals surface area contributed by atoms with Crippen LogP contribution in [0.4, 0.5) is 0 Å². The Bertz CT molecular complexity index is 551. The molecule has 1 aromatic rings. The van der Waals surface area contributed by atoms with Gasteiger partial charge in [-0.2, -0.15) is 0 Å². The van der Waals surface area contributed by atoms with Gasteiger partial charge in [0.2, 0.25) is 9.05 Å². The highest BCUT2D eigenvalue weighted by Crippen LogP contribution is 2.39. The molecule has 2 rings (SSSR count). The zero-order valence-electron chi connectivity index (χ0n) is 11.1. The van der Waals surface area contributed by atoms with Gasteiger partial charge in [0.15, 0.2) is 0 Å². The number of rotatable bonds is 5. The van der Waals surface area contributed by atoms with Gasteiger partial charge in [0, 0.05) is 16.1 Å². The Labute approximate surface area is 129 Å². The summed E-state index contributed by atoms with van der Waals surface area (Å²) < 4.78 is 28.7. The van der Waals surface area contributed by atoms with Crippen LogP contribution >= 0.6 is 22.3 Å². The number of benzene rings is 1. The Morgan fingerprint density at radius 3 is 2.40 bits per heavy atom. The van der Waals surface area contributed by atoms with E-state index in [4.69, 9.17) is 27.0 Å². The Kier molecular flexibility index (Phi) is 5.21. The van der Waals surface area contributed by atoms with Crippen molar-refractivity contribution in [3.05, 3.63) is 29.3 Å². The SMILES string of the molecule is O=S(=O)(Cl)CC1(COc2ccccc2Cl)CCCCC1. The maximum atomic E-state index is 11.5. The Balaban J connectivity index is 2.10. The highest BCUT2D eigenvalue weighted by atomic mass is 35.7. The topological polar surface area (TPSA) is 43.4 Å². The molecule has 0 atom stereocenters. The van der Waals surface area contributed by atoms with E-state index in [2.05, 4.69) is 0 Å². The molecular weight excluding hydrogens is 319 g/mol. The molecule has 1 saturated carbocycles. The summed E-state index contributed by atoms with van der Waals surface area (Å²) in [5.41, 5.74) is -0.391. The number of para-hydroxylation sites is 1. The summed E-state index contributed by atoms with van der Waals surface area (Å²) in [6, 6.07) is 7.21. The molecule has 0 saturated heterocycles. The third kappa shape index (κ3) is 4.54. The molecule has 1 fully saturated rings. The summed E-state index contributed by atoms with van der Waals surface area (Å²) >= 11 is 6.05. The Morgan fingerprint density at radius 2 is 1.80 bits per heavy atom. The van der Waals surface area contributed by atoms with Crippen LogP contribution in [0.15, 0.2) is 24.3 Å². The lowest BCUT2D eigenvalue weighted by Crippen LogP contribution is -2.36. The minimum absolute atomic E-state index is 0.0357. The first-order chi connectivity index (χ1) is 9.40. The zero-order valence-corrected chi connectivity index (χ0v) is 13.5. The molecule has 1 aromatic carbocycles. The van der Waals surface area contributed by atoms with E-state index in [-0.39, 0.29) is 5.75 Å². The molecule has 0 aromatic heterocycles. The van der Waals surface area contributed by atoms with Gasteiger partial charge in [-0.1, -0.05) is 43.0 Å². The molecular formula is C14H18Cl2O3S. The molecule has 1 aliphatic carbocycles. The predicted octanol–water partition coefficient (Wildman–Crippen LogP) is 4.24. The second-order valence-electron chi connectivity index (χ2n) is 5.46. The second-order valence-corrected chi connectivity index (χ2v) is 8.65. The van der Waals surface area contributed by atoms with Gasteiger partial charge in [-0.05, 0) is 25.0 Å². The van der Waals surface area contributed by atoms with Gasteiger partial charge in [-0.25, -0.2) is 8.42 Å². The molecule has 112 valence electrons. The Hall–Kier alpha value is -0.450. The van der Waals surface area contributed by atoms with E-state index in [1.807, 2.05) is 12.1 Å². The van der Waals surface area contributed by atoms with E-state index in [0.717, 1.165) is 32.1 Å². The molecule has 0 heterocycles. The van der Waals surface area contributed by atoms with Crippen LogP contribution in [0.5, 0.6) is 5.75 Å². The van der Waals surface area contributed by atoms with Gasteiger partial charge in [-0.15, -0.1) is 0 Å². The summed E-state index contributed by atoms with van der Waals surface area (Å²) in [6.07, 6.45) is 4.81. The second kappa shape index (κ2) is 6.54. The summed E-state index contributed by atoms with van der Waals surface area (Å²) in [6.45, 7) is 0.336. The quantitative estimate of drug-likeness (QED) is 0.755. The first-order valence-corrected chi connectivity index (χ1v) is 9.56. The highest BCUT2D eigenvalue weighted by molar-refractivity contribution is 8.13. The number of hydrogen-bond acceptors (Lipinski definition) is 3. The lowest BCUT2D eigenvalue weighted by Gasteiger charge is -2.36. The number of hydrogen-bond donors (Lipinski definition) is 0. The average molecular weight is 337 g/mol. The minimum atomic E-state index is -3.54. The molecule has 6 heteroatoms. The van der Waals surface area contributed by atoms with Crippen molar-refractivity contribution in [3.63, 3.8) is 0 Å². The van der Waals surface area contributed by atoms with Crippen molar-refractivity contribution >= 4 is 31.3 Å². The summed E-state index contributed by atoms with van der Waals surface area (Å²) in [5.74, 6) is 0.553. The van der Waals surface area contributed by atoms with Crippen molar-refractivity contribution in [2.75, 3.05) is 12.4 Å². The van der Waals surface area contributed by atoms with Crippen LogP contribution in [-0.2, 0) is 9.05 Å². The van der Waals surface area contributed by atoms with E-state index in [1.54, 1.807) is 12.1 Å². The third-order valence-corrected chi connectivity index (χ3v) is 5.36. The van der Waals surface area contributed by atoms with Crippen LogP contribution in [0.1, 0.15) is 32.1 Å². The van der Waals surface area contributed by atoms with E-state index < -0.39 is 14.5 Å². The van der Waals surface area contributed by atoms with Crippen molar-refractivity contribution in [2.45, 2.75) is 32.1 Å². The zero-order chi connectivity index (χ0) is 14.6. The number of halogens is 2. The van der Waals surface area contributed by atoms with Gasteiger partial charge in [0.1, 0.15) is 5.75 Å². The first-order valence-electron chi connectivity index (χ1n) is 6.70. The van der Waals surface area contributed by atoms with Gasteiger partial charge < -0.3 is 4.74 Å². The van der Waals surface area contributed by atoms with E-state index in [0.29, 0.717) is 17.4 Å². The van der Waals surface area contributed by atoms with Crippen LogP contribution in [0.3, 0.4) is 0 Å². The van der Waals surface area contributed by atoms with Gasteiger partial charge >= 0.3 is 0 Å². The van der Waals surface area contributed by atoms with Gasteiger partial charge in [-0.3, -0.25) is 0 Å². The van der Waals surface area contributed by atoms with Crippen molar-refractivity contribution in [1.29, 1.82) is 0 Å². The van der Waals surface area contributed by atoms with Gasteiger partial charge in [0.25, 0.3) is 0 Å². The van der Waals surface area contributed by atoms with Gasteiger partial charge in [0.05, 0.1) is 17.4 Å². The fourth-order valence-corrected chi connectivity index (χ4v) is 4.78. The van der Waals surface area contributed by atoms with Crippen LogP contribution < -0.4 is 4.74 Å². The summed E-state index contributed by atoms with van der Waals surface area (Å²) in [4.78, 5) is 0. The summed E-state index contributed by atoms with van der Waals surface area (Å²) in [7, 11) is 1.92. The largest absolute Gasteiger partial charge is 0.491 e. The van der Waals surface area contributed by atoms with E-state index in [9.17, 15) is 8.42 Å². The molecule has 0 unspecified atom stereocenters. The van der Waals surface area contributed by atoms with Crippen LogP contribution in [0.25, 0.3) is 0 Å². The van der Waals surface area contributed by atoms with Crippen molar-refractivity contribution in [3.8, 4) is 5.75 Å². The smallest absolute Gasteiger partial charge is 0.233 e. The standard InChI is InChI=1S/C14H18Cl2O3S/c15-12-6-2-3-7-13(12)19-10-14(11-20(16,17)18)8-4-1-5-9-14/h2-3,6-7H,1,4-5,8-11H2. The highest BCUT2D eigenvalue weighted by Gasteiger charge is 2.37. The minimum Gasteiger partial charge on any atom is -0.491 e. The third-order valence-electron chi connectivity index (χ3n) is 3.76. The molecule has 0 amide bonds. The number of ether oxygens (including phenoxy) is 1. The summed E-state index contributed by atoms with van der Waals surface area (Å²) in [5, 5.41) is 0.534. The molecule has 0 spiro atoms. The normalized spacial score (nSPS) is 18.7. The molecule has 0 N–H and O–H groups in total. The van der Waals surface area contributed by atoms with Crippen molar-refractivity contribution in [1.82, 2.24) is 0 Å². The first kappa shape index (κ1) is 15.9. The molecule has 0 bridgehead atoms. The Morgan fingerprint density at radius 1 is 1.15 bits per heavy atom. The van der Waals surface area contributed by atoms with Crippen LogP contribution in [0, 0.1) is 5.41 Å². The predicted molar refractivity (Wildman–Crippen MR) is 82.1 cm³/mol.